The normalized spacial score (nSPS) is 16.1. The van der Waals surface area contributed by atoms with Gasteiger partial charge in [-0.1, -0.05) is 48.5 Å². The first-order valence-electron chi connectivity index (χ1n) is 8.77. The van der Waals surface area contributed by atoms with Gasteiger partial charge in [-0.05, 0) is 12.1 Å². The standard InChI is InChI=1S/C21H15F3N4O/c22-21(23,24)11-15-16(12-25)19(26)29-20-17(15)18(13-7-3-1-4-8-13)27-28(20)14-9-5-2-6-10-14/h1-10,15H,11,26H2. The van der Waals surface area contributed by atoms with Crippen LogP contribution in [0.5, 0.6) is 5.88 Å². The molecule has 8 heteroatoms. The van der Waals surface area contributed by atoms with E-state index in [1.165, 1.54) is 4.68 Å². The average Bonchev–Trinajstić information content (AvgIpc) is 3.07. The Morgan fingerprint density at radius 3 is 2.28 bits per heavy atom. The molecule has 0 saturated heterocycles. The highest BCUT2D eigenvalue weighted by Gasteiger charge is 2.43. The maximum Gasteiger partial charge on any atom is 0.390 e. The third-order valence-electron chi connectivity index (χ3n) is 4.65. The van der Waals surface area contributed by atoms with Gasteiger partial charge in [0.1, 0.15) is 11.8 Å². The van der Waals surface area contributed by atoms with Gasteiger partial charge in [-0.3, -0.25) is 0 Å². The molecule has 2 aromatic carbocycles. The quantitative estimate of drug-likeness (QED) is 0.699. The van der Waals surface area contributed by atoms with E-state index in [-0.39, 0.29) is 22.9 Å². The van der Waals surface area contributed by atoms with Gasteiger partial charge in [-0.15, -0.1) is 0 Å². The minimum Gasteiger partial charge on any atom is -0.422 e. The van der Waals surface area contributed by atoms with Crippen LogP contribution >= 0.6 is 0 Å². The first-order chi connectivity index (χ1) is 13.9. The molecule has 5 nitrogen and oxygen atoms in total. The van der Waals surface area contributed by atoms with Gasteiger partial charge >= 0.3 is 6.18 Å². The van der Waals surface area contributed by atoms with Gasteiger partial charge in [0.2, 0.25) is 11.8 Å². The summed E-state index contributed by atoms with van der Waals surface area (Å²) in [7, 11) is 0. The van der Waals surface area contributed by atoms with Crippen molar-refractivity contribution in [2.45, 2.75) is 18.5 Å². The summed E-state index contributed by atoms with van der Waals surface area (Å²) < 4.78 is 47.2. The second-order valence-electron chi connectivity index (χ2n) is 6.54. The van der Waals surface area contributed by atoms with Gasteiger partial charge in [-0.2, -0.15) is 28.2 Å². The van der Waals surface area contributed by atoms with Gasteiger partial charge < -0.3 is 10.5 Å². The molecule has 0 amide bonds. The summed E-state index contributed by atoms with van der Waals surface area (Å²) >= 11 is 0. The van der Waals surface area contributed by atoms with Crippen molar-refractivity contribution < 1.29 is 17.9 Å². The monoisotopic (exact) mass is 396 g/mol. The van der Waals surface area contributed by atoms with Gasteiger partial charge in [0, 0.05) is 11.5 Å². The second-order valence-corrected chi connectivity index (χ2v) is 6.54. The number of hydrogen-bond donors (Lipinski definition) is 1. The molecule has 1 atom stereocenters. The van der Waals surface area contributed by atoms with Gasteiger partial charge in [0.15, 0.2) is 0 Å². The molecular weight excluding hydrogens is 381 g/mol. The lowest BCUT2D eigenvalue weighted by Gasteiger charge is -2.25. The lowest BCUT2D eigenvalue weighted by atomic mass is 9.86. The van der Waals surface area contributed by atoms with E-state index < -0.39 is 18.5 Å². The van der Waals surface area contributed by atoms with E-state index in [1.54, 1.807) is 60.7 Å². The van der Waals surface area contributed by atoms with Gasteiger partial charge in [0.05, 0.1) is 23.2 Å². The van der Waals surface area contributed by atoms with Crippen molar-refractivity contribution in [1.82, 2.24) is 9.78 Å². The minimum atomic E-state index is -4.51. The Kier molecular flexibility index (Phi) is 4.51. The zero-order valence-corrected chi connectivity index (χ0v) is 15.0. The zero-order valence-electron chi connectivity index (χ0n) is 15.0. The van der Waals surface area contributed by atoms with Crippen LogP contribution in [0.3, 0.4) is 0 Å². The average molecular weight is 396 g/mol. The number of alkyl halides is 3. The number of para-hydroxylation sites is 1. The summed E-state index contributed by atoms with van der Waals surface area (Å²) in [5.74, 6) is -1.57. The zero-order chi connectivity index (χ0) is 20.6. The van der Waals surface area contributed by atoms with Crippen molar-refractivity contribution in [3.05, 3.63) is 77.7 Å². The first-order valence-corrected chi connectivity index (χ1v) is 8.77. The fourth-order valence-electron chi connectivity index (χ4n) is 3.42. The van der Waals surface area contributed by atoms with Crippen LogP contribution in [0.1, 0.15) is 17.9 Å². The molecule has 1 aliphatic rings. The fraction of sp³-hybridized carbons (Fsp3) is 0.143. The molecule has 1 aromatic heterocycles. The van der Waals surface area contributed by atoms with Crippen LogP contribution in [0.2, 0.25) is 0 Å². The Morgan fingerprint density at radius 2 is 1.69 bits per heavy atom. The Labute approximate surface area is 164 Å². The Bertz CT molecular complexity index is 1110. The van der Waals surface area contributed by atoms with Gasteiger partial charge in [0.25, 0.3) is 0 Å². The molecule has 0 spiro atoms. The number of allylic oxidation sites excluding steroid dienone is 1. The van der Waals surface area contributed by atoms with Crippen LogP contribution in [0.25, 0.3) is 16.9 Å². The summed E-state index contributed by atoms with van der Waals surface area (Å²) in [6, 6.07) is 19.5. The third-order valence-corrected chi connectivity index (χ3v) is 4.65. The molecule has 1 aliphatic heterocycles. The molecule has 2 heterocycles. The molecule has 0 fully saturated rings. The number of aromatic nitrogens is 2. The highest BCUT2D eigenvalue weighted by Crippen LogP contribution is 2.48. The number of nitriles is 1. The number of rotatable bonds is 3. The van der Waals surface area contributed by atoms with E-state index in [0.717, 1.165) is 0 Å². The number of halogens is 3. The van der Waals surface area contributed by atoms with Crippen LogP contribution in [0.4, 0.5) is 13.2 Å². The number of nitrogens with zero attached hydrogens (tertiary/aromatic N) is 3. The maximum atomic E-state index is 13.4. The lowest BCUT2D eigenvalue weighted by Crippen LogP contribution is -2.24. The van der Waals surface area contributed by atoms with E-state index in [9.17, 15) is 18.4 Å². The van der Waals surface area contributed by atoms with Crippen LogP contribution < -0.4 is 10.5 Å². The predicted molar refractivity (Wildman–Crippen MR) is 99.9 cm³/mol. The Morgan fingerprint density at radius 1 is 1.07 bits per heavy atom. The van der Waals surface area contributed by atoms with Crippen LogP contribution in [0, 0.1) is 11.3 Å². The van der Waals surface area contributed by atoms with Crippen molar-refractivity contribution in [2.24, 2.45) is 5.73 Å². The van der Waals surface area contributed by atoms with E-state index in [2.05, 4.69) is 5.10 Å². The maximum absolute atomic E-state index is 13.4. The second kappa shape index (κ2) is 7.02. The molecule has 0 radical (unpaired) electrons. The summed E-state index contributed by atoms with van der Waals surface area (Å²) in [5.41, 5.74) is 7.32. The molecule has 3 aromatic rings. The minimum absolute atomic E-state index is 0.0841. The SMILES string of the molecule is N#CC1=C(N)Oc2c(c(-c3ccccc3)nn2-c2ccccc2)C1CC(F)(F)F. The summed E-state index contributed by atoms with van der Waals surface area (Å²) in [6.45, 7) is 0. The van der Waals surface area contributed by atoms with E-state index in [4.69, 9.17) is 10.5 Å². The molecule has 146 valence electrons. The molecule has 29 heavy (non-hydrogen) atoms. The predicted octanol–water partition coefficient (Wildman–Crippen LogP) is 4.66. The lowest BCUT2D eigenvalue weighted by molar-refractivity contribution is -0.137. The van der Waals surface area contributed by atoms with E-state index in [0.29, 0.717) is 16.9 Å². The largest absolute Gasteiger partial charge is 0.422 e. The van der Waals surface area contributed by atoms with E-state index >= 15 is 0 Å². The number of nitrogens with two attached hydrogens (primary N) is 1. The summed E-state index contributed by atoms with van der Waals surface area (Å²) in [6.07, 6.45) is -5.75. The highest BCUT2D eigenvalue weighted by atomic mass is 19.4. The van der Waals surface area contributed by atoms with E-state index in [1.807, 2.05) is 6.07 Å². The summed E-state index contributed by atoms with van der Waals surface area (Å²) in [4.78, 5) is 0. The number of hydrogen-bond acceptors (Lipinski definition) is 4. The molecule has 2 N–H and O–H groups in total. The Hall–Kier alpha value is -3.73. The van der Waals surface area contributed by atoms with Crippen molar-refractivity contribution in [3.63, 3.8) is 0 Å². The molecule has 0 bridgehead atoms. The van der Waals surface area contributed by atoms with Crippen LogP contribution in [-0.2, 0) is 0 Å². The fourth-order valence-corrected chi connectivity index (χ4v) is 3.42. The highest BCUT2D eigenvalue weighted by molar-refractivity contribution is 5.70. The molecule has 4 rings (SSSR count). The van der Waals surface area contributed by atoms with Crippen LogP contribution in [-0.4, -0.2) is 16.0 Å². The number of ether oxygens (including phenoxy) is 1. The molecule has 0 aliphatic carbocycles. The Balaban J connectivity index is 2.00. The number of benzene rings is 2. The van der Waals surface area contributed by atoms with Crippen molar-refractivity contribution in [3.8, 4) is 28.9 Å². The smallest absolute Gasteiger partial charge is 0.390 e. The molecule has 0 saturated carbocycles. The van der Waals surface area contributed by atoms with Gasteiger partial charge in [-0.25, -0.2) is 0 Å². The summed E-state index contributed by atoms with van der Waals surface area (Å²) in [5, 5.41) is 14.0. The molecular formula is C21H15F3N4O. The third kappa shape index (κ3) is 3.43. The van der Waals surface area contributed by atoms with Crippen molar-refractivity contribution in [1.29, 1.82) is 5.26 Å². The van der Waals surface area contributed by atoms with Crippen molar-refractivity contribution >= 4 is 0 Å². The molecule has 1 unspecified atom stereocenters. The van der Waals surface area contributed by atoms with Crippen molar-refractivity contribution in [2.75, 3.05) is 0 Å². The number of fused-ring (bicyclic) bond motifs is 1. The topological polar surface area (TPSA) is 76.9 Å². The van der Waals surface area contributed by atoms with Crippen LogP contribution in [0.15, 0.2) is 72.1 Å². The first kappa shape index (κ1) is 18.6.